The number of rotatable bonds is 4. The second-order valence-corrected chi connectivity index (χ2v) is 12.3. The van der Waals surface area contributed by atoms with Gasteiger partial charge in [-0.25, -0.2) is 4.58 Å². The number of hydrogen-bond acceptors (Lipinski definition) is 2. The average molecular weight is 648 g/mol. The normalized spacial score (nSPS) is 23.1. The molecule has 1 fully saturated rings. The summed E-state index contributed by atoms with van der Waals surface area (Å²) in [6.45, 7) is 16.0. The highest BCUT2D eigenvalue weighted by Gasteiger charge is 2.39. The van der Waals surface area contributed by atoms with Crippen molar-refractivity contribution in [1.29, 1.82) is 0 Å². The lowest BCUT2D eigenvalue weighted by atomic mass is 9.82. The summed E-state index contributed by atoms with van der Waals surface area (Å²) in [5.74, 6) is 0. The molecule has 0 saturated heterocycles. The smallest absolute Gasteiger partial charge is 0.206 e. The van der Waals surface area contributed by atoms with E-state index in [1.165, 1.54) is 57.2 Å². The number of benzene rings is 2. The van der Waals surface area contributed by atoms with Crippen LogP contribution in [0.3, 0.4) is 0 Å². The van der Waals surface area contributed by atoms with E-state index >= 15 is 0 Å². The van der Waals surface area contributed by atoms with Crippen LogP contribution >= 0.6 is 0 Å². The highest BCUT2D eigenvalue weighted by Crippen LogP contribution is 2.48. The lowest BCUT2D eigenvalue weighted by Crippen LogP contribution is -3.00. The van der Waals surface area contributed by atoms with Gasteiger partial charge >= 0.3 is 0 Å². The minimum Gasteiger partial charge on any atom is -1.00 e. The Bertz CT molecular complexity index is 1330. The Hall–Kier alpha value is -2.60. The molecule has 212 valence electrons. The van der Waals surface area contributed by atoms with Gasteiger partial charge in [0.1, 0.15) is 13.1 Å². The fraction of sp³-hybridized carbons (Fsp3) is 0.417. The van der Waals surface area contributed by atoms with Crippen LogP contribution in [0, 0.1) is 0 Å². The molecule has 0 radical (unpaired) electrons. The first-order valence-electron chi connectivity index (χ1n) is 14.7. The Balaban J connectivity index is 0.00000370. The Morgan fingerprint density at radius 3 is 1.45 bits per heavy atom. The molecule has 0 spiro atoms. The number of para-hydroxylation sites is 2. The first-order chi connectivity index (χ1) is 18.6. The highest BCUT2D eigenvalue weighted by atomic mass is 127. The van der Waals surface area contributed by atoms with Crippen molar-refractivity contribution in [2.45, 2.75) is 71.6 Å². The lowest BCUT2D eigenvalue weighted by molar-refractivity contribution is -0.520. The Morgan fingerprint density at radius 2 is 1.07 bits per heavy atom. The van der Waals surface area contributed by atoms with Crippen LogP contribution in [0.25, 0.3) is 0 Å². The van der Waals surface area contributed by atoms with E-state index < -0.39 is 0 Å². The minimum absolute atomic E-state index is 0. The Labute approximate surface area is 259 Å². The largest absolute Gasteiger partial charge is 1.00 e. The second kappa shape index (κ2) is 11.7. The SMILES string of the molecule is CC[N+](CC)=C1/C(=C/C=C2\N(C)c3ccccc3C2(C)C)CCC/C1=C\C=C1\N(C)c2ccccc2C1(C)C.[I-]. The summed E-state index contributed by atoms with van der Waals surface area (Å²) in [4.78, 5) is 4.76. The van der Waals surface area contributed by atoms with Crippen LogP contribution in [0.5, 0.6) is 0 Å². The number of anilines is 2. The molecule has 40 heavy (non-hydrogen) atoms. The molecule has 5 rings (SSSR count). The minimum atomic E-state index is -0.0107. The molecule has 2 aromatic rings. The molecule has 2 aliphatic heterocycles. The van der Waals surface area contributed by atoms with Gasteiger partial charge < -0.3 is 33.8 Å². The van der Waals surface area contributed by atoms with Crippen LogP contribution in [0.2, 0.25) is 0 Å². The van der Waals surface area contributed by atoms with E-state index in [0.29, 0.717) is 0 Å². The molecule has 0 unspecified atom stereocenters. The molecule has 0 N–H and O–H groups in total. The number of hydrogen-bond donors (Lipinski definition) is 0. The highest BCUT2D eigenvalue weighted by molar-refractivity contribution is 6.10. The van der Waals surface area contributed by atoms with Gasteiger partial charge in [-0.1, -0.05) is 76.2 Å². The van der Waals surface area contributed by atoms with Gasteiger partial charge in [-0.15, -0.1) is 0 Å². The van der Waals surface area contributed by atoms with Gasteiger partial charge in [-0.2, -0.15) is 0 Å². The first kappa shape index (κ1) is 30.4. The summed E-state index contributed by atoms with van der Waals surface area (Å²) in [6.07, 6.45) is 13.1. The molecule has 2 heterocycles. The van der Waals surface area contributed by atoms with Crippen LogP contribution < -0.4 is 33.8 Å². The van der Waals surface area contributed by atoms with E-state index in [1.54, 1.807) is 0 Å². The van der Waals surface area contributed by atoms with Crippen molar-refractivity contribution in [2.75, 3.05) is 37.0 Å². The van der Waals surface area contributed by atoms with Gasteiger partial charge in [0.2, 0.25) is 5.71 Å². The third-order valence-electron chi connectivity index (χ3n) is 9.35. The summed E-state index contributed by atoms with van der Waals surface area (Å²) in [6, 6.07) is 17.7. The molecule has 3 nitrogen and oxygen atoms in total. The monoisotopic (exact) mass is 647 g/mol. The van der Waals surface area contributed by atoms with E-state index in [9.17, 15) is 0 Å². The maximum atomic E-state index is 2.56. The van der Waals surface area contributed by atoms with Crippen molar-refractivity contribution in [3.63, 3.8) is 0 Å². The standard InChI is InChI=1S/C36H46N3.HI/c1-9-39(10-2)34-26(22-24-32-35(3,4)28-18-11-13-20-30(28)37(32)7)16-15-17-27(34)23-25-33-36(5,6)29-19-12-14-21-31(29)38(33)8;/h11-14,18-25H,9-10,15-17H2,1-8H3;1H/q+1;/p-1. The van der Waals surface area contributed by atoms with Crippen LogP contribution in [-0.2, 0) is 10.8 Å². The van der Waals surface area contributed by atoms with E-state index in [2.05, 4.69) is 143 Å². The maximum Gasteiger partial charge on any atom is 0.206 e. The molecule has 4 heteroatoms. The number of allylic oxidation sites excluding steroid dienone is 8. The molecule has 1 aliphatic carbocycles. The Kier molecular flexibility index (Phi) is 8.89. The quantitative estimate of drug-likeness (QED) is 0.336. The van der Waals surface area contributed by atoms with Crippen molar-refractivity contribution in [2.24, 2.45) is 0 Å². The zero-order chi connectivity index (χ0) is 27.9. The number of likely N-dealkylation sites (N-methyl/N-ethyl adjacent to an activating group) is 2. The number of nitrogens with zero attached hydrogens (tertiary/aromatic N) is 3. The first-order valence-corrected chi connectivity index (χ1v) is 14.7. The summed E-state index contributed by atoms with van der Waals surface area (Å²) < 4.78 is 2.56. The molecular formula is C36H46IN3. The van der Waals surface area contributed by atoms with Gasteiger partial charge in [0.15, 0.2) is 0 Å². The summed E-state index contributed by atoms with van der Waals surface area (Å²) in [5.41, 5.74) is 12.5. The zero-order valence-corrected chi connectivity index (χ0v) is 27.8. The van der Waals surface area contributed by atoms with E-state index in [4.69, 9.17) is 0 Å². The van der Waals surface area contributed by atoms with Crippen LogP contribution in [0.1, 0.15) is 71.9 Å². The van der Waals surface area contributed by atoms with Crippen LogP contribution in [-0.4, -0.2) is 37.5 Å². The van der Waals surface area contributed by atoms with Gasteiger partial charge in [0.05, 0.1) is 0 Å². The Morgan fingerprint density at radius 1 is 0.675 bits per heavy atom. The fourth-order valence-corrected chi connectivity index (χ4v) is 7.15. The molecule has 2 aromatic carbocycles. The van der Waals surface area contributed by atoms with E-state index in [1.807, 2.05) is 0 Å². The van der Waals surface area contributed by atoms with E-state index in [0.717, 1.165) is 25.9 Å². The van der Waals surface area contributed by atoms with E-state index in [-0.39, 0.29) is 34.8 Å². The second-order valence-electron chi connectivity index (χ2n) is 12.3. The van der Waals surface area contributed by atoms with Crippen molar-refractivity contribution >= 4 is 17.1 Å². The van der Waals surface area contributed by atoms with Crippen molar-refractivity contribution in [3.8, 4) is 0 Å². The number of fused-ring (bicyclic) bond motifs is 2. The van der Waals surface area contributed by atoms with Gasteiger partial charge in [0, 0.05) is 58.8 Å². The van der Waals surface area contributed by atoms with Gasteiger partial charge in [-0.05, 0) is 68.5 Å². The molecule has 0 aromatic heterocycles. The van der Waals surface area contributed by atoms with Crippen molar-refractivity contribution in [1.82, 2.24) is 0 Å². The molecule has 0 bridgehead atoms. The summed E-state index contributed by atoms with van der Waals surface area (Å²) in [5, 5.41) is 0. The van der Waals surface area contributed by atoms with Gasteiger partial charge in [0.25, 0.3) is 0 Å². The van der Waals surface area contributed by atoms with Crippen molar-refractivity contribution < 1.29 is 28.6 Å². The van der Waals surface area contributed by atoms with Crippen LogP contribution in [0.4, 0.5) is 11.4 Å². The average Bonchev–Trinajstić information content (AvgIpc) is 3.25. The molecular weight excluding hydrogens is 601 g/mol. The summed E-state index contributed by atoms with van der Waals surface area (Å²) in [7, 11) is 4.42. The molecule has 3 aliphatic rings. The zero-order valence-electron chi connectivity index (χ0n) is 25.7. The summed E-state index contributed by atoms with van der Waals surface area (Å²) >= 11 is 0. The third-order valence-corrected chi connectivity index (χ3v) is 9.35. The topological polar surface area (TPSA) is 9.49 Å². The van der Waals surface area contributed by atoms with Crippen LogP contribution in [0.15, 0.2) is 95.4 Å². The van der Waals surface area contributed by atoms with Gasteiger partial charge in [-0.3, -0.25) is 0 Å². The lowest BCUT2D eigenvalue weighted by Gasteiger charge is -2.25. The molecule has 0 amide bonds. The van der Waals surface area contributed by atoms with Crippen molar-refractivity contribution in [3.05, 3.63) is 107 Å². The molecule has 1 saturated carbocycles. The maximum absolute atomic E-state index is 2.56. The third kappa shape index (κ3) is 5.01. The predicted molar refractivity (Wildman–Crippen MR) is 168 cm³/mol. The number of halogens is 1. The molecule has 0 atom stereocenters. The fourth-order valence-electron chi connectivity index (χ4n) is 7.15. The predicted octanol–water partition coefficient (Wildman–Crippen LogP) is 5.14.